The van der Waals surface area contributed by atoms with E-state index in [1.54, 1.807) is 24.3 Å². The van der Waals surface area contributed by atoms with Gasteiger partial charge in [0.2, 0.25) is 0 Å². The summed E-state index contributed by atoms with van der Waals surface area (Å²) in [6.45, 7) is 1.04. The molecule has 0 aliphatic carbocycles. The lowest BCUT2D eigenvalue weighted by Crippen LogP contribution is -2.31. The zero-order valence-corrected chi connectivity index (χ0v) is 13.2. The van der Waals surface area contributed by atoms with Crippen molar-refractivity contribution >= 4 is 23.9 Å². The van der Waals surface area contributed by atoms with E-state index in [9.17, 15) is 18.4 Å². The number of halogens is 2. The maximum Gasteiger partial charge on any atom is 0.586 e. The topological polar surface area (TPSA) is 68.3 Å². The van der Waals surface area contributed by atoms with Crippen LogP contribution in [-0.4, -0.2) is 31.9 Å². The SMILES string of the molecule is O=COc1cccc(N2CCN(c3ccc4c(c3)OC(F)(F)O4)C2=O)c1. The summed E-state index contributed by atoms with van der Waals surface area (Å²) in [4.78, 5) is 26.1. The molecule has 0 bridgehead atoms. The van der Waals surface area contributed by atoms with Gasteiger partial charge in [-0.15, -0.1) is 8.78 Å². The molecule has 0 aromatic heterocycles. The highest BCUT2D eigenvalue weighted by Gasteiger charge is 2.44. The van der Waals surface area contributed by atoms with Gasteiger partial charge in [0.15, 0.2) is 11.5 Å². The Morgan fingerprint density at radius 2 is 1.69 bits per heavy atom. The summed E-state index contributed by atoms with van der Waals surface area (Å²) < 4.78 is 39.8. The highest BCUT2D eigenvalue weighted by atomic mass is 19.3. The number of amides is 2. The van der Waals surface area contributed by atoms with E-state index in [0.29, 0.717) is 36.7 Å². The van der Waals surface area contributed by atoms with Gasteiger partial charge in [0, 0.05) is 36.6 Å². The first-order valence-corrected chi connectivity index (χ1v) is 7.66. The normalized spacial score (nSPS) is 17.5. The van der Waals surface area contributed by atoms with Crippen LogP contribution in [0.15, 0.2) is 42.5 Å². The molecule has 2 heterocycles. The molecule has 0 atom stereocenters. The Hall–Kier alpha value is -3.36. The van der Waals surface area contributed by atoms with Crippen molar-refractivity contribution in [1.29, 1.82) is 0 Å². The Bertz CT molecular complexity index is 889. The van der Waals surface area contributed by atoms with Crippen LogP contribution in [0.4, 0.5) is 25.0 Å². The van der Waals surface area contributed by atoms with Gasteiger partial charge in [0.25, 0.3) is 6.47 Å². The number of fused-ring (bicyclic) bond motifs is 1. The molecular formula is C17H12F2N2O5. The third kappa shape index (κ3) is 2.77. The molecule has 4 rings (SSSR count). The van der Waals surface area contributed by atoms with Crippen molar-refractivity contribution in [3.8, 4) is 17.2 Å². The van der Waals surface area contributed by atoms with Gasteiger partial charge >= 0.3 is 12.3 Å². The van der Waals surface area contributed by atoms with Crippen LogP contribution in [-0.2, 0) is 4.79 Å². The van der Waals surface area contributed by atoms with Gasteiger partial charge in [-0.05, 0) is 24.3 Å². The van der Waals surface area contributed by atoms with Crippen molar-refractivity contribution in [2.75, 3.05) is 22.9 Å². The van der Waals surface area contributed by atoms with E-state index in [4.69, 9.17) is 4.74 Å². The van der Waals surface area contributed by atoms with Crippen molar-refractivity contribution < 1.29 is 32.6 Å². The van der Waals surface area contributed by atoms with E-state index in [-0.39, 0.29) is 17.5 Å². The minimum absolute atomic E-state index is 0.0824. The number of alkyl halides is 2. The largest absolute Gasteiger partial charge is 0.586 e. The summed E-state index contributed by atoms with van der Waals surface area (Å²) >= 11 is 0. The lowest BCUT2D eigenvalue weighted by Gasteiger charge is -2.19. The maximum absolute atomic E-state index is 13.1. The van der Waals surface area contributed by atoms with Crippen molar-refractivity contribution in [2.24, 2.45) is 0 Å². The van der Waals surface area contributed by atoms with Gasteiger partial charge < -0.3 is 14.2 Å². The predicted molar refractivity (Wildman–Crippen MR) is 85.9 cm³/mol. The standard InChI is InChI=1S/C17H12F2N2O5/c18-17(19)25-14-5-4-12(9-15(14)26-17)21-7-6-20(16(21)23)11-2-1-3-13(8-11)24-10-22/h1-5,8-10H,6-7H2. The monoisotopic (exact) mass is 362 g/mol. The number of nitrogens with zero attached hydrogens (tertiary/aromatic N) is 2. The summed E-state index contributed by atoms with van der Waals surface area (Å²) in [5.41, 5.74) is 0.974. The number of anilines is 2. The summed E-state index contributed by atoms with van der Waals surface area (Å²) in [5.74, 6) is 0.107. The van der Waals surface area contributed by atoms with Crippen LogP contribution in [0, 0.1) is 0 Å². The van der Waals surface area contributed by atoms with Crippen LogP contribution in [0.1, 0.15) is 0 Å². The summed E-state index contributed by atoms with van der Waals surface area (Å²) in [5, 5.41) is 0. The van der Waals surface area contributed by atoms with E-state index < -0.39 is 6.29 Å². The van der Waals surface area contributed by atoms with E-state index in [2.05, 4.69) is 9.47 Å². The average Bonchev–Trinajstić information content (AvgIpc) is 3.12. The molecule has 2 aliphatic rings. The van der Waals surface area contributed by atoms with Crippen molar-refractivity contribution in [3.63, 3.8) is 0 Å². The Labute approximate surface area is 146 Å². The van der Waals surface area contributed by atoms with E-state index >= 15 is 0 Å². The third-order valence-electron chi connectivity index (χ3n) is 4.02. The molecule has 7 nitrogen and oxygen atoms in total. The second-order valence-electron chi connectivity index (χ2n) is 5.60. The third-order valence-corrected chi connectivity index (χ3v) is 4.02. The Balaban J connectivity index is 1.57. The minimum atomic E-state index is -3.71. The van der Waals surface area contributed by atoms with Crippen molar-refractivity contribution in [3.05, 3.63) is 42.5 Å². The second kappa shape index (κ2) is 5.87. The first-order valence-electron chi connectivity index (χ1n) is 7.66. The van der Waals surface area contributed by atoms with Crippen LogP contribution >= 0.6 is 0 Å². The van der Waals surface area contributed by atoms with Gasteiger partial charge in [-0.25, -0.2) is 4.79 Å². The molecule has 0 N–H and O–H groups in total. The highest BCUT2D eigenvalue weighted by molar-refractivity contribution is 6.06. The number of carbonyl (C=O) groups is 2. The van der Waals surface area contributed by atoms with Crippen LogP contribution < -0.4 is 24.0 Å². The van der Waals surface area contributed by atoms with Crippen molar-refractivity contribution in [2.45, 2.75) is 6.29 Å². The van der Waals surface area contributed by atoms with Gasteiger partial charge in [-0.3, -0.25) is 14.6 Å². The molecule has 2 aliphatic heterocycles. The Morgan fingerprint density at radius 3 is 2.42 bits per heavy atom. The molecule has 2 amide bonds. The molecule has 134 valence electrons. The number of hydrogen-bond acceptors (Lipinski definition) is 5. The van der Waals surface area contributed by atoms with Crippen molar-refractivity contribution in [1.82, 2.24) is 0 Å². The number of benzene rings is 2. The molecule has 26 heavy (non-hydrogen) atoms. The summed E-state index contributed by atoms with van der Waals surface area (Å²) in [7, 11) is 0. The van der Waals surface area contributed by atoms with Crippen LogP contribution in [0.3, 0.4) is 0 Å². The van der Waals surface area contributed by atoms with Gasteiger partial charge in [-0.1, -0.05) is 6.07 Å². The number of carbonyl (C=O) groups excluding carboxylic acids is 2. The smallest absolute Gasteiger partial charge is 0.429 e. The molecule has 2 aromatic rings. The molecule has 1 fully saturated rings. The number of hydrogen-bond donors (Lipinski definition) is 0. The second-order valence-corrected chi connectivity index (χ2v) is 5.60. The highest BCUT2D eigenvalue weighted by Crippen LogP contribution is 2.43. The maximum atomic E-state index is 13.1. The van der Waals surface area contributed by atoms with Crippen LogP contribution in [0.2, 0.25) is 0 Å². The van der Waals surface area contributed by atoms with Gasteiger partial charge in [0.1, 0.15) is 5.75 Å². The number of ether oxygens (including phenoxy) is 3. The lowest BCUT2D eigenvalue weighted by atomic mass is 10.2. The molecule has 9 heteroatoms. The molecule has 0 spiro atoms. The molecule has 1 saturated heterocycles. The Kier molecular flexibility index (Phi) is 3.64. The fraction of sp³-hybridized carbons (Fsp3) is 0.176. The van der Waals surface area contributed by atoms with Gasteiger partial charge in [-0.2, -0.15) is 0 Å². The summed E-state index contributed by atoms with van der Waals surface area (Å²) in [6.07, 6.45) is -3.71. The molecule has 0 unspecified atom stereocenters. The molecule has 0 saturated carbocycles. The van der Waals surface area contributed by atoms with E-state index in [0.717, 1.165) is 0 Å². The zero-order chi connectivity index (χ0) is 18.3. The Morgan fingerprint density at radius 1 is 1.00 bits per heavy atom. The van der Waals surface area contributed by atoms with Gasteiger partial charge in [0.05, 0.1) is 0 Å². The average molecular weight is 362 g/mol. The van der Waals surface area contributed by atoms with E-state index in [1.165, 1.54) is 28.0 Å². The molecular weight excluding hydrogens is 350 g/mol. The quantitative estimate of drug-likeness (QED) is 0.782. The first-order chi connectivity index (χ1) is 12.5. The van der Waals surface area contributed by atoms with Crippen LogP contribution in [0.5, 0.6) is 17.2 Å². The molecule has 2 aromatic carbocycles. The first kappa shape index (κ1) is 16.1. The van der Waals surface area contributed by atoms with E-state index in [1.807, 2.05) is 0 Å². The van der Waals surface area contributed by atoms with Crippen LogP contribution in [0.25, 0.3) is 0 Å². The lowest BCUT2D eigenvalue weighted by molar-refractivity contribution is -0.286. The fourth-order valence-corrected chi connectivity index (χ4v) is 2.90. The summed E-state index contributed by atoms with van der Waals surface area (Å²) in [6, 6.07) is 10.4. The predicted octanol–water partition coefficient (Wildman–Crippen LogP) is 2.99. The molecule has 0 radical (unpaired) electrons. The fourth-order valence-electron chi connectivity index (χ4n) is 2.90. The number of urea groups is 1. The zero-order valence-electron chi connectivity index (χ0n) is 13.2. The minimum Gasteiger partial charge on any atom is -0.429 e. The number of rotatable bonds is 4.